The van der Waals surface area contributed by atoms with E-state index in [-0.39, 0.29) is 18.0 Å². The predicted octanol–water partition coefficient (Wildman–Crippen LogP) is 1.33. The van der Waals surface area contributed by atoms with Crippen LogP contribution in [-0.2, 0) is 9.53 Å². The van der Waals surface area contributed by atoms with Gasteiger partial charge in [0.15, 0.2) is 0 Å². The molecule has 0 aromatic heterocycles. The number of ether oxygens (including phenoxy) is 1. The number of hydrogen-bond acceptors (Lipinski definition) is 4. The third kappa shape index (κ3) is 1.63. The van der Waals surface area contributed by atoms with Gasteiger partial charge in [0.05, 0.1) is 12.2 Å². The number of carbonyl (C=O) groups is 1. The Bertz CT molecular complexity index is 492. The fraction of sp³-hybridized carbons (Fsp3) is 0.667. The highest BCUT2D eigenvalue weighted by Crippen LogP contribution is 2.54. The Hall–Kier alpha value is -1.13. The number of fused-ring (bicyclic) bond motifs is 2. The highest BCUT2D eigenvalue weighted by atomic mass is 16.6. The van der Waals surface area contributed by atoms with E-state index in [9.17, 15) is 15.0 Å². The number of esters is 1. The Kier molecular flexibility index (Phi) is 2.67. The fourth-order valence-corrected chi connectivity index (χ4v) is 3.90. The molecule has 19 heavy (non-hydrogen) atoms. The summed E-state index contributed by atoms with van der Waals surface area (Å²) in [5.41, 5.74) is 2.16. The second-order valence-electron chi connectivity index (χ2n) is 6.33. The maximum absolute atomic E-state index is 11.6. The molecule has 0 radical (unpaired) electrons. The van der Waals surface area contributed by atoms with Crippen molar-refractivity contribution >= 4 is 5.97 Å². The number of hydrogen-bond donors (Lipinski definition) is 2. The lowest BCUT2D eigenvalue weighted by atomic mass is 9.58. The molecule has 2 unspecified atom stereocenters. The van der Waals surface area contributed by atoms with Gasteiger partial charge in [0.1, 0.15) is 6.10 Å². The van der Waals surface area contributed by atoms with Crippen LogP contribution in [0.25, 0.3) is 0 Å². The molecule has 0 aromatic carbocycles. The van der Waals surface area contributed by atoms with Crippen molar-refractivity contribution in [2.75, 3.05) is 0 Å². The minimum atomic E-state index is -0.588. The average molecular weight is 264 g/mol. The van der Waals surface area contributed by atoms with E-state index in [0.717, 1.165) is 11.1 Å². The highest BCUT2D eigenvalue weighted by molar-refractivity contribution is 5.91. The zero-order valence-corrected chi connectivity index (χ0v) is 11.3. The van der Waals surface area contributed by atoms with Gasteiger partial charge < -0.3 is 14.9 Å². The predicted molar refractivity (Wildman–Crippen MR) is 69.2 cm³/mol. The van der Waals surface area contributed by atoms with Crippen LogP contribution >= 0.6 is 0 Å². The standard InChI is InChI=1S/C15H20O4/c1-7-9-4-10-8(2)11(16)5-13(17)15(10,3)6-12(9)19-14(7)18/h9,11-13,16-17H,1,4-6H2,2-3H3/t9-,11?,12-,13?,15+/m1/s1. The molecule has 2 aliphatic carbocycles. The van der Waals surface area contributed by atoms with Gasteiger partial charge in [-0.05, 0) is 25.3 Å². The van der Waals surface area contributed by atoms with Crippen LogP contribution in [0.2, 0.25) is 0 Å². The molecule has 2 fully saturated rings. The third-order valence-corrected chi connectivity index (χ3v) is 5.31. The van der Waals surface area contributed by atoms with E-state index in [1.165, 1.54) is 0 Å². The normalized spacial score (nSPS) is 45.9. The Morgan fingerprint density at radius 3 is 2.79 bits per heavy atom. The zero-order valence-electron chi connectivity index (χ0n) is 11.3. The summed E-state index contributed by atoms with van der Waals surface area (Å²) in [5, 5.41) is 20.4. The Morgan fingerprint density at radius 2 is 2.11 bits per heavy atom. The van der Waals surface area contributed by atoms with E-state index >= 15 is 0 Å². The molecule has 0 aromatic rings. The first-order valence-corrected chi connectivity index (χ1v) is 6.80. The van der Waals surface area contributed by atoms with Crippen LogP contribution < -0.4 is 0 Å². The van der Waals surface area contributed by atoms with Crippen LogP contribution in [0.4, 0.5) is 0 Å². The molecule has 0 amide bonds. The summed E-state index contributed by atoms with van der Waals surface area (Å²) in [6.07, 6.45) is 0.286. The monoisotopic (exact) mass is 264 g/mol. The zero-order chi connectivity index (χ0) is 13.9. The summed E-state index contributed by atoms with van der Waals surface area (Å²) in [4.78, 5) is 11.6. The van der Waals surface area contributed by atoms with Gasteiger partial charge in [-0.1, -0.05) is 19.1 Å². The maximum atomic E-state index is 11.6. The number of aliphatic hydroxyl groups is 2. The van der Waals surface area contributed by atoms with E-state index in [4.69, 9.17) is 4.74 Å². The molecule has 0 bridgehead atoms. The van der Waals surface area contributed by atoms with Crippen LogP contribution in [0.5, 0.6) is 0 Å². The number of carbonyl (C=O) groups excluding carboxylic acids is 1. The van der Waals surface area contributed by atoms with Gasteiger partial charge in [-0.15, -0.1) is 0 Å². The van der Waals surface area contributed by atoms with Crippen molar-refractivity contribution in [1.82, 2.24) is 0 Å². The highest BCUT2D eigenvalue weighted by Gasteiger charge is 2.54. The van der Waals surface area contributed by atoms with Crippen molar-refractivity contribution in [2.24, 2.45) is 11.3 Å². The van der Waals surface area contributed by atoms with Gasteiger partial charge >= 0.3 is 5.97 Å². The Morgan fingerprint density at radius 1 is 1.42 bits per heavy atom. The van der Waals surface area contributed by atoms with E-state index in [2.05, 4.69) is 6.58 Å². The molecule has 0 spiro atoms. The quantitative estimate of drug-likeness (QED) is 0.393. The summed E-state index contributed by atoms with van der Waals surface area (Å²) in [5.74, 6) is -0.312. The first-order chi connectivity index (χ1) is 8.84. The summed E-state index contributed by atoms with van der Waals surface area (Å²) in [6, 6.07) is 0. The van der Waals surface area contributed by atoms with Crippen LogP contribution in [0.15, 0.2) is 23.3 Å². The van der Waals surface area contributed by atoms with E-state index in [0.29, 0.717) is 24.8 Å². The molecule has 1 saturated carbocycles. The molecule has 4 nitrogen and oxygen atoms in total. The molecule has 4 heteroatoms. The molecule has 1 saturated heterocycles. The lowest BCUT2D eigenvalue weighted by Gasteiger charge is -2.49. The van der Waals surface area contributed by atoms with Crippen molar-refractivity contribution in [2.45, 2.75) is 51.4 Å². The van der Waals surface area contributed by atoms with Gasteiger partial charge in [0.25, 0.3) is 0 Å². The minimum Gasteiger partial charge on any atom is -0.458 e. The topological polar surface area (TPSA) is 66.8 Å². The summed E-state index contributed by atoms with van der Waals surface area (Å²) >= 11 is 0. The van der Waals surface area contributed by atoms with Gasteiger partial charge in [-0.3, -0.25) is 0 Å². The lowest BCUT2D eigenvalue weighted by molar-refractivity contribution is -0.142. The van der Waals surface area contributed by atoms with Crippen molar-refractivity contribution in [1.29, 1.82) is 0 Å². The molecule has 2 N–H and O–H groups in total. The first kappa shape index (κ1) is 12.9. The summed E-state index contributed by atoms with van der Waals surface area (Å²) < 4.78 is 5.37. The van der Waals surface area contributed by atoms with Crippen molar-refractivity contribution < 1.29 is 19.7 Å². The second kappa shape index (κ2) is 3.93. The fourth-order valence-electron chi connectivity index (χ4n) is 3.90. The van der Waals surface area contributed by atoms with Gasteiger partial charge in [0.2, 0.25) is 0 Å². The van der Waals surface area contributed by atoms with E-state index in [1.54, 1.807) is 0 Å². The Balaban J connectivity index is 2.03. The Labute approximate surface area is 112 Å². The van der Waals surface area contributed by atoms with Crippen LogP contribution in [0.1, 0.15) is 33.1 Å². The molecular formula is C15H20O4. The molecule has 1 aliphatic heterocycles. The molecule has 1 heterocycles. The molecule has 3 aliphatic rings. The smallest absolute Gasteiger partial charge is 0.334 e. The summed E-state index contributed by atoms with van der Waals surface area (Å²) in [7, 11) is 0. The maximum Gasteiger partial charge on any atom is 0.334 e. The average Bonchev–Trinajstić information content (AvgIpc) is 2.61. The van der Waals surface area contributed by atoms with E-state index in [1.807, 2.05) is 13.8 Å². The molecule has 3 rings (SSSR count). The lowest BCUT2D eigenvalue weighted by Crippen LogP contribution is -2.48. The van der Waals surface area contributed by atoms with Crippen molar-refractivity contribution in [3.05, 3.63) is 23.3 Å². The SMILES string of the molecule is C=C1C(=O)O[C@@H]2C[C@@]3(C)C(=C(C)C(O)CC3O)C[C@H]12. The largest absolute Gasteiger partial charge is 0.458 e. The second-order valence-corrected chi connectivity index (χ2v) is 6.33. The number of rotatable bonds is 0. The van der Waals surface area contributed by atoms with Crippen LogP contribution in [0, 0.1) is 11.3 Å². The van der Waals surface area contributed by atoms with Crippen LogP contribution in [-0.4, -0.2) is 34.5 Å². The number of aliphatic hydroxyl groups excluding tert-OH is 2. The third-order valence-electron chi connectivity index (χ3n) is 5.31. The minimum absolute atomic E-state index is 0.00280. The van der Waals surface area contributed by atoms with Crippen LogP contribution in [0.3, 0.4) is 0 Å². The summed E-state index contributed by atoms with van der Waals surface area (Å²) in [6.45, 7) is 7.75. The molecule has 104 valence electrons. The first-order valence-electron chi connectivity index (χ1n) is 6.80. The van der Waals surface area contributed by atoms with Crippen molar-refractivity contribution in [3.63, 3.8) is 0 Å². The molecule has 5 atom stereocenters. The van der Waals surface area contributed by atoms with Crippen molar-refractivity contribution in [3.8, 4) is 0 Å². The van der Waals surface area contributed by atoms with Gasteiger partial charge in [-0.2, -0.15) is 0 Å². The molecular weight excluding hydrogens is 244 g/mol. The van der Waals surface area contributed by atoms with E-state index < -0.39 is 17.6 Å². The van der Waals surface area contributed by atoms with Gasteiger partial charge in [0, 0.05) is 23.3 Å². The van der Waals surface area contributed by atoms with Gasteiger partial charge in [-0.25, -0.2) is 4.79 Å².